The number of aliphatic imine (C=N–C) groups is 1. The van der Waals surface area contributed by atoms with Crippen molar-refractivity contribution < 1.29 is 13.9 Å². The number of nitrogens with zero attached hydrogens (tertiary/aromatic N) is 3. The fraction of sp³-hybridized carbons (Fsp3) is 0.267. The number of hydrogen-bond donors (Lipinski definition) is 2. The predicted octanol–water partition coefficient (Wildman–Crippen LogP) is 6.39. The summed E-state index contributed by atoms with van der Waals surface area (Å²) in [6, 6.07) is 1.71. The van der Waals surface area contributed by atoms with E-state index in [1.54, 1.807) is 31.5 Å². The molecule has 0 bridgehead atoms. The lowest BCUT2D eigenvalue weighted by atomic mass is 9.99. The Bertz CT molecular complexity index is 1290. The zero-order valence-electron chi connectivity index (χ0n) is 21.9. The fourth-order valence-corrected chi connectivity index (χ4v) is 4.20. The van der Waals surface area contributed by atoms with Crippen molar-refractivity contribution in [1.29, 1.82) is 0 Å². The molecule has 0 spiro atoms. The Morgan fingerprint density at radius 3 is 2.57 bits per heavy atom. The highest BCUT2D eigenvalue weighted by Gasteiger charge is 2.25. The lowest BCUT2D eigenvalue weighted by Crippen LogP contribution is -2.21. The van der Waals surface area contributed by atoms with Crippen LogP contribution < -0.4 is 10.6 Å². The Morgan fingerprint density at radius 1 is 1.19 bits per heavy atom. The first-order chi connectivity index (χ1) is 17.6. The van der Waals surface area contributed by atoms with Gasteiger partial charge in [0.25, 0.3) is 5.91 Å². The normalized spacial score (nSPS) is 19.1. The number of carbonyl (C=O) groups excluding carboxylic acids is 2. The maximum Gasteiger partial charge on any atom is 0.256 e. The van der Waals surface area contributed by atoms with E-state index in [2.05, 4.69) is 46.9 Å². The molecule has 0 aromatic carbocycles. The van der Waals surface area contributed by atoms with Gasteiger partial charge < -0.3 is 15.5 Å². The third-order valence-corrected chi connectivity index (χ3v) is 6.26. The molecule has 198 valence electrons. The number of aryl methyl sites for hydroxylation is 1. The molecule has 1 fully saturated rings. The molecule has 1 atom stereocenters. The Labute approximate surface area is 223 Å². The standard InChI is InChI=1S/C30H35N5O2.3H2/c1-8-22(18-35(6)7)27-13-11-20(4)26(17-32-27)25(9-2)30(37)34-28-15-24(16-31-21(28)5)33-29(36)23-12-10-19(3)14-23;;;/h8-9,13,15-18,23H,1-4,10-12,14H2,5-7H3,(H,33,36)(H,34,37);3*1H/b22-18+,26-25+;;;. The van der Waals surface area contributed by atoms with Crippen LogP contribution in [0, 0.1) is 12.8 Å². The second-order valence-corrected chi connectivity index (χ2v) is 9.43. The van der Waals surface area contributed by atoms with Crippen LogP contribution in [0.4, 0.5) is 11.4 Å². The first kappa shape index (κ1) is 27.3. The fourth-order valence-electron chi connectivity index (χ4n) is 4.20. The molecule has 1 aromatic rings. The topological polar surface area (TPSA) is 86.7 Å². The second kappa shape index (κ2) is 12.1. The Balaban J connectivity index is 0.00000507. The molecule has 7 nitrogen and oxygen atoms in total. The van der Waals surface area contributed by atoms with Crippen LogP contribution in [-0.4, -0.2) is 42.0 Å². The van der Waals surface area contributed by atoms with Gasteiger partial charge in [-0.15, -0.1) is 0 Å². The third kappa shape index (κ3) is 6.91. The molecule has 0 radical (unpaired) electrons. The minimum absolute atomic E-state index is 0. The van der Waals surface area contributed by atoms with Gasteiger partial charge in [-0.2, -0.15) is 0 Å². The van der Waals surface area contributed by atoms with Gasteiger partial charge in [-0.05, 0) is 44.2 Å². The average molecular weight is 504 g/mol. The van der Waals surface area contributed by atoms with Gasteiger partial charge in [-0.3, -0.25) is 19.6 Å². The molecule has 7 heteroatoms. The lowest BCUT2D eigenvalue weighted by Gasteiger charge is -2.14. The molecule has 1 saturated carbocycles. The van der Waals surface area contributed by atoms with Crippen LogP contribution in [0.25, 0.3) is 0 Å². The Morgan fingerprint density at radius 2 is 1.95 bits per heavy atom. The monoisotopic (exact) mass is 503 g/mol. The van der Waals surface area contributed by atoms with Crippen LogP contribution in [0.2, 0.25) is 0 Å². The minimum atomic E-state index is -0.366. The summed E-state index contributed by atoms with van der Waals surface area (Å²) in [6.07, 6.45) is 13.2. The number of amides is 2. The van der Waals surface area contributed by atoms with Crippen molar-refractivity contribution in [3.05, 3.63) is 102 Å². The van der Waals surface area contributed by atoms with Crippen molar-refractivity contribution in [2.75, 3.05) is 24.7 Å². The number of aromatic nitrogens is 1. The number of anilines is 2. The summed E-state index contributed by atoms with van der Waals surface area (Å²) in [6.45, 7) is 17.7. The molecule has 2 aliphatic rings. The van der Waals surface area contributed by atoms with Gasteiger partial charge in [0, 0.05) is 53.4 Å². The van der Waals surface area contributed by atoms with Crippen molar-refractivity contribution in [2.45, 2.75) is 32.6 Å². The lowest BCUT2D eigenvalue weighted by molar-refractivity contribution is -0.119. The average Bonchev–Trinajstić information content (AvgIpc) is 3.21. The molecule has 1 aliphatic carbocycles. The summed E-state index contributed by atoms with van der Waals surface area (Å²) in [5.41, 5.74) is 6.04. The van der Waals surface area contributed by atoms with Gasteiger partial charge in [-0.25, -0.2) is 0 Å². The first-order valence-corrected chi connectivity index (χ1v) is 12.2. The highest BCUT2D eigenvalue weighted by atomic mass is 16.2. The summed E-state index contributed by atoms with van der Waals surface area (Å²) in [5, 5.41) is 5.83. The third-order valence-electron chi connectivity index (χ3n) is 6.26. The number of rotatable bonds is 8. The number of pyridine rings is 1. The highest BCUT2D eigenvalue weighted by Crippen LogP contribution is 2.30. The minimum Gasteiger partial charge on any atom is -0.383 e. The van der Waals surface area contributed by atoms with Crippen molar-refractivity contribution in [3.63, 3.8) is 0 Å². The molecule has 2 heterocycles. The van der Waals surface area contributed by atoms with Gasteiger partial charge in [0.2, 0.25) is 5.91 Å². The van der Waals surface area contributed by atoms with Crippen molar-refractivity contribution >= 4 is 29.4 Å². The van der Waals surface area contributed by atoms with E-state index < -0.39 is 0 Å². The molecule has 0 saturated heterocycles. The van der Waals surface area contributed by atoms with E-state index in [0.29, 0.717) is 41.1 Å². The van der Waals surface area contributed by atoms with Crippen LogP contribution in [-0.2, 0) is 9.59 Å². The molecular formula is C30H41N5O2. The largest absolute Gasteiger partial charge is 0.383 e. The summed E-state index contributed by atoms with van der Waals surface area (Å²) in [5.74, 6) is -0.515. The molecular weight excluding hydrogens is 462 g/mol. The maximum atomic E-state index is 13.3. The van der Waals surface area contributed by atoms with Crippen LogP contribution >= 0.6 is 0 Å². The number of hydrogen-bond acceptors (Lipinski definition) is 5. The van der Waals surface area contributed by atoms with Gasteiger partial charge in [0.15, 0.2) is 0 Å². The highest BCUT2D eigenvalue weighted by molar-refractivity contribution is 6.11. The van der Waals surface area contributed by atoms with E-state index in [1.165, 1.54) is 6.08 Å². The van der Waals surface area contributed by atoms with Gasteiger partial charge in [0.05, 0.1) is 29.0 Å². The molecule has 1 aromatic heterocycles. The van der Waals surface area contributed by atoms with Crippen molar-refractivity contribution in [1.82, 2.24) is 9.88 Å². The van der Waals surface area contributed by atoms with Crippen LogP contribution in [0.5, 0.6) is 0 Å². The van der Waals surface area contributed by atoms with E-state index in [0.717, 1.165) is 35.3 Å². The number of carbonyl (C=O) groups is 2. The van der Waals surface area contributed by atoms with E-state index in [4.69, 9.17) is 0 Å². The van der Waals surface area contributed by atoms with E-state index in [1.807, 2.05) is 31.3 Å². The van der Waals surface area contributed by atoms with E-state index in [9.17, 15) is 9.59 Å². The molecule has 3 rings (SSSR count). The Hall–Kier alpha value is -4.26. The van der Waals surface area contributed by atoms with Gasteiger partial charge >= 0.3 is 0 Å². The summed E-state index contributed by atoms with van der Waals surface area (Å²) in [7, 11) is 3.86. The van der Waals surface area contributed by atoms with Crippen LogP contribution in [0.3, 0.4) is 0 Å². The van der Waals surface area contributed by atoms with E-state index >= 15 is 0 Å². The van der Waals surface area contributed by atoms with Crippen molar-refractivity contribution in [3.8, 4) is 0 Å². The second-order valence-electron chi connectivity index (χ2n) is 9.43. The van der Waals surface area contributed by atoms with Crippen LogP contribution in [0.1, 0.15) is 35.7 Å². The van der Waals surface area contributed by atoms with Gasteiger partial charge in [0.1, 0.15) is 0 Å². The zero-order chi connectivity index (χ0) is 27.1. The van der Waals surface area contributed by atoms with Crippen molar-refractivity contribution in [2.24, 2.45) is 10.9 Å². The van der Waals surface area contributed by atoms with E-state index in [-0.39, 0.29) is 22.0 Å². The summed E-state index contributed by atoms with van der Waals surface area (Å²) < 4.78 is 0. The molecule has 2 N–H and O–H groups in total. The molecule has 37 heavy (non-hydrogen) atoms. The van der Waals surface area contributed by atoms with Gasteiger partial charge in [-0.1, -0.05) is 50.1 Å². The maximum absolute atomic E-state index is 13.3. The quantitative estimate of drug-likeness (QED) is 0.244. The zero-order valence-corrected chi connectivity index (χ0v) is 21.9. The smallest absolute Gasteiger partial charge is 0.256 e. The summed E-state index contributed by atoms with van der Waals surface area (Å²) >= 11 is 0. The summed E-state index contributed by atoms with van der Waals surface area (Å²) in [4.78, 5) is 36.8. The van der Waals surface area contributed by atoms with Crippen LogP contribution in [0.15, 0.2) is 102 Å². The molecule has 1 aliphatic heterocycles. The number of nitrogens with one attached hydrogen (secondary N) is 2. The molecule has 1 unspecified atom stereocenters. The molecule has 2 amide bonds. The Kier molecular flexibility index (Phi) is 8.95. The SMILES string of the molecule is C=C/C(C(=O)Nc1cc(NC(=O)C2CCC(=C)C2)cnc1C)=C1/C=NC(/C(C=C)=C/N(C)C)=CCC1=C.[HH].[HH].[HH]. The number of allylic oxidation sites excluding steroid dienone is 5. The predicted molar refractivity (Wildman–Crippen MR) is 159 cm³/mol. The first-order valence-electron chi connectivity index (χ1n) is 12.2.